The highest BCUT2D eigenvalue weighted by atomic mass is 79.9. The van der Waals surface area contributed by atoms with E-state index in [2.05, 4.69) is 26.2 Å². The van der Waals surface area contributed by atoms with E-state index in [1.165, 1.54) is 12.3 Å². The van der Waals surface area contributed by atoms with Gasteiger partial charge in [0.25, 0.3) is 0 Å². The lowest BCUT2D eigenvalue weighted by molar-refractivity contribution is 0.559. The Morgan fingerprint density at radius 2 is 2.31 bits per heavy atom. The summed E-state index contributed by atoms with van der Waals surface area (Å²) in [6.45, 7) is 0.593. The molecule has 1 aromatic heterocycles. The summed E-state index contributed by atoms with van der Waals surface area (Å²) in [6.07, 6.45) is 1.52. The Kier molecular flexibility index (Phi) is 3.36. The molecule has 84 valence electrons. The van der Waals surface area contributed by atoms with Gasteiger partial charge in [0.1, 0.15) is 12.1 Å². The van der Waals surface area contributed by atoms with E-state index in [0.717, 1.165) is 5.69 Å². The topological polar surface area (TPSA) is 38.1 Å². The zero-order chi connectivity index (χ0) is 11.5. The van der Waals surface area contributed by atoms with Crippen molar-refractivity contribution in [2.75, 3.05) is 7.05 Å². The standard InChI is InChI=1S/C11H10BrFN2O/c1-14-5-7-6-16-11(15-7)10-8(12)3-2-4-9(10)13/h2-4,6,14H,5H2,1H3. The minimum atomic E-state index is -0.354. The fraction of sp³-hybridized carbons (Fsp3) is 0.182. The first kappa shape index (κ1) is 11.3. The molecular formula is C11H10BrFN2O. The molecule has 0 spiro atoms. The third-order valence-electron chi connectivity index (χ3n) is 2.09. The molecular weight excluding hydrogens is 275 g/mol. The second-order valence-electron chi connectivity index (χ2n) is 3.27. The van der Waals surface area contributed by atoms with Crippen LogP contribution in [0.15, 0.2) is 33.4 Å². The Bertz CT molecular complexity index is 478. The number of hydrogen-bond donors (Lipinski definition) is 1. The Labute approximate surface area is 101 Å². The lowest BCUT2D eigenvalue weighted by Crippen LogP contribution is -2.04. The summed E-state index contributed by atoms with van der Waals surface area (Å²) in [5.41, 5.74) is 1.09. The molecule has 5 heteroatoms. The van der Waals surface area contributed by atoms with E-state index in [1.54, 1.807) is 12.1 Å². The molecule has 0 unspecified atom stereocenters. The monoisotopic (exact) mass is 284 g/mol. The summed E-state index contributed by atoms with van der Waals surface area (Å²) in [4.78, 5) is 4.19. The van der Waals surface area contributed by atoms with Crippen LogP contribution in [0.1, 0.15) is 5.69 Å². The number of nitrogens with one attached hydrogen (secondary N) is 1. The van der Waals surface area contributed by atoms with Crippen LogP contribution in [-0.4, -0.2) is 12.0 Å². The predicted octanol–water partition coefficient (Wildman–Crippen LogP) is 2.96. The predicted molar refractivity (Wildman–Crippen MR) is 62.4 cm³/mol. The Morgan fingerprint density at radius 1 is 1.50 bits per heavy atom. The molecule has 0 aliphatic heterocycles. The van der Waals surface area contributed by atoms with Crippen molar-refractivity contribution in [1.29, 1.82) is 0 Å². The first-order chi connectivity index (χ1) is 7.72. The molecule has 2 aromatic rings. The van der Waals surface area contributed by atoms with E-state index in [1.807, 2.05) is 7.05 Å². The van der Waals surface area contributed by atoms with Gasteiger partial charge >= 0.3 is 0 Å². The number of hydrogen-bond acceptors (Lipinski definition) is 3. The van der Waals surface area contributed by atoms with Gasteiger partial charge in [-0.3, -0.25) is 0 Å². The molecule has 0 atom stereocenters. The quantitative estimate of drug-likeness (QED) is 0.942. The normalized spacial score (nSPS) is 10.7. The van der Waals surface area contributed by atoms with Gasteiger partial charge in [-0.05, 0) is 35.1 Å². The van der Waals surface area contributed by atoms with Crippen molar-refractivity contribution in [3.05, 3.63) is 40.4 Å². The van der Waals surface area contributed by atoms with Gasteiger partial charge in [-0.1, -0.05) is 6.07 Å². The van der Waals surface area contributed by atoms with Gasteiger partial charge in [-0.15, -0.1) is 0 Å². The van der Waals surface area contributed by atoms with Gasteiger partial charge in [0.05, 0.1) is 11.3 Å². The number of halogens is 2. The van der Waals surface area contributed by atoms with Crippen LogP contribution in [0.2, 0.25) is 0 Å². The van der Waals surface area contributed by atoms with E-state index >= 15 is 0 Å². The van der Waals surface area contributed by atoms with Crippen LogP contribution in [0.5, 0.6) is 0 Å². The van der Waals surface area contributed by atoms with Crippen LogP contribution >= 0.6 is 15.9 Å². The lowest BCUT2D eigenvalue weighted by Gasteiger charge is -2.00. The molecule has 0 bridgehead atoms. The molecule has 0 fully saturated rings. The lowest BCUT2D eigenvalue weighted by atomic mass is 10.2. The maximum Gasteiger partial charge on any atom is 0.230 e. The average Bonchev–Trinajstić information content (AvgIpc) is 2.67. The van der Waals surface area contributed by atoms with Crippen molar-refractivity contribution in [2.24, 2.45) is 0 Å². The maximum absolute atomic E-state index is 13.6. The van der Waals surface area contributed by atoms with E-state index in [0.29, 0.717) is 16.6 Å². The summed E-state index contributed by atoms with van der Waals surface area (Å²) in [5.74, 6) is -0.0672. The molecule has 0 saturated heterocycles. The average molecular weight is 285 g/mol. The van der Waals surface area contributed by atoms with Crippen molar-refractivity contribution >= 4 is 15.9 Å². The molecule has 0 amide bonds. The van der Waals surface area contributed by atoms with Crippen molar-refractivity contribution in [3.8, 4) is 11.5 Å². The number of rotatable bonds is 3. The molecule has 0 aliphatic rings. The first-order valence-corrected chi connectivity index (χ1v) is 5.55. The van der Waals surface area contributed by atoms with Gasteiger partial charge < -0.3 is 9.73 Å². The Balaban J connectivity index is 2.42. The highest BCUT2D eigenvalue weighted by Gasteiger charge is 2.14. The van der Waals surface area contributed by atoms with Crippen LogP contribution < -0.4 is 5.32 Å². The number of oxazole rings is 1. The highest BCUT2D eigenvalue weighted by molar-refractivity contribution is 9.10. The third kappa shape index (κ3) is 2.15. The molecule has 1 aromatic carbocycles. The Hall–Kier alpha value is -1.20. The van der Waals surface area contributed by atoms with Crippen LogP contribution in [0.25, 0.3) is 11.5 Å². The summed E-state index contributed by atoms with van der Waals surface area (Å²) < 4.78 is 19.5. The second-order valence-corrected chi connectivity index (χ2v) is 4.13. The van der Waals surface area contributed by atoms with E-state index < -0.39 is 0 Å². The zero-order valence-corrected chi connectivity index (χ0v) is 10.2. The molecule has 16 heavy (non-hydrogen) atoms. The van der Waals surface area contributed by atoms with Gasteiger partial charge in [0.15, 0.2) is 0 Å². The molecule has 3 nitrogen and oxygen atoms in total. The summed E-state index contributed by atoms with van der Waals surface area (Å²) in [7, 11) is 1.81. The summed E-state index contributed by atoms with van der Waals surface area (Å²) in [6, 6.07) is 4.75. The molecule has 1 N–H and O–H groups in total. The fourth-order valence-corrected chi connectivity index (χ4v) is 1.90. The van der Waals surface area contributed by atoms with E-state index in [-0.39, 0.29) is 11.7 Å². The third-order valence-corrected chi connectivity index (χ3v) is 2.75. The van der Waals surface area contributed by atoms with Crippen LogP contribution in [0.3, 0.4) is 0 Å². The van der Waals surface area contributed by atoms with Crippen molar-refractivity contribution in [3.63, 3.8) is 0 Å². The number of benzene rings is 1. The van der Waals surface area contributed by atoms with Gasteiger partial charge in [0, 0.05) is 11.0 Å². The maximum atomic E-state index is 13.6. The van der Waals surface area contributed by atoms with Crippen molar-refractivity contribution in [1.82, 2.24) is 10.3 Å². The smallest absolute Gasteiger partial charge is 0.230 e. The Morgan fingerprint density at radius 3 is 3.00 bits per heavy atom. The largest absolute Gasteiger partial charge is 0.444 e. The zero-order valence-electron chi connectivity index (χ0n) is 8.63. The summed E-state index contributed by atoms with van der Waals surface area (Å²) in [5, 5.41) is 2.95. The molecule has 2 rings (SSSR count). The van der Waals surface area contributed by atoms with E-state index in [4.69, 9.17) is 4.42 Å². The molecule has 0 aliphatic carbocycles. The van der Waals surface area contributed by atoms with Crippen LogP contribution in [0, 0.1) is 5.82 Å². The second kappa shape index (κ2) is 4.76. The van der Waals surface area contributed by atoms with Crippen molar-refractivity contribution in [2.45, 2.75) is 6.54 Å². The van der Waals surface area contributed by atoms with Gasteiger partial charge in [-0.25, -0.2) is 9.37 Å². The molecule has 0 saturated carbocycles. The van der Waals surface area contributed by atoms with Crippen molar-refractivity contribution < 1.29 is 8.81 Å². The van der Waals surface area contributed by atoms with Crippen LogP contribution in [0.4, 0.5) is 4.39 Å². The number of aromatic nitrogens is 1. The molecule has 1 heterocycles. The molecule has 0 radical (unpaired) electrons. The fourth-order valence-electron chi connectivity index (χ4n) is 1.39. The first-order valence-electron chi connectivity index (χ1n) is 4.75. The minimum absolute atomic E-state index is 0.287. The van der Waals surface area contributed by atoms with Crippen LogP contribution in [-0.2, 0) is 6.54 Å². The van der Waals surface area contributed by atoms with Gasteiger partial charge in [0.2, 0.25) is 5.89 Å². The number of nitrogens with zero attached hydrogens (tertiary/aromatic N) is 1. The van der Waals surface area contributed by atoms with E-state index in [9.17, 15) is 4.39 Å². The SMILES string of the molecule is CNCc1coc(-c2c(F)cccc2Br)n1. The highest BCUT2D eigenvalue weighted by Crippen LogP contribution is 2.29. The summed E-state index contributed by atoms with van der Waals surface area (Å²) >= 11 is 3.28. The minimum Gasteiger partial charge on any atom is -0.444 e. The van der Waals surface area contributed by atoms with Gasteiger partial charge in [-0.2, -0.15) is 0 Å².